The van der Waals surface area contributed by atoms with Crippen LogP contribution in [0.5, 0.6) is 11.5 Å². The number of aromatic amines is 1. The maximum Gasteiger partial charge on any atom is 0.269 e. The van der Waals surface area contributed by atoms with Gasteiger partial charge in [0, 0.05) is 30.4 Å². The average Bonchev–Trinajstić information content (AvgIpc) is 3.70. The summed E-state index contributed by atoms with van der Waals surface area (Å²) in [6.45, 7) is 0.421. The molecule has 0 aliphatic rings. The van der Waals surface area contributed by atoms with Gasteiger partial charge in [0.25, 0.3) is 5.69 Å². The largest absolute Gasteiger partial charge is 0.457 e. The molecule has 7 aromatic rings. The highest BCUT2D eigenvalue weighted by molar-refractivity contribution is 5.61. The van der Waals surface area contributed by atoms with Crippen molar-refractivity contribution in [1.29, 1.82) is 0 Å². The summed E-state index contributed by atoms with van der Waals surface area (Å²) in [5.74, 6) is 1.42. The van der Waals surface area contributed by atoms with E-state index in [1.54, 1.807) is 18.5 Å². The second-order valence-corrected chi connectivity index (χ2v) is 11.8. The third kappa shape index (κ3) is 6.42. The van der Waals surface area contributed by atoms with E-state index in [9.17, 15) is 10.1 Å². The molecule has 0 aliphatic heterocycles. The van der Waals surface area contributed by atoms with E-state index in [1.807, 2.05) is 85.1 Å². The van der Waals surface area contributed by atoms with Gasteiger partial charge >= 0.3 is 0 Å². The van der Waals surface area contributed by atoms with Crippen LogP contribution in [0.3, 0.4) is 0 Å². The number of nitro benzene ring substituents is 1. The maximum atomic E-state index is 11.6. The number of nitro groups is 1. The maximum absolute atomic E-state index is 11.6. The monoisotopic (exact) mass is 642 g/mol. The number of H-pyrrole nitrogens is 1. The molecule has 49 heavy (non-hydrogen) atoms. The summed E-state index contributed by atoms with van der Waals surface area (Å²) in [7, 11) is 0. The van der Waals surface area contributed by atoms with Crippen molar-refractivity contribution in [3.63, 3.8) is 0 Å². The van der Waals surface area contributed by atoms with E-state index < -0.39 is 11.5 Å². The second-order valence-electron chi connectivity index (χ2n) is 11.8. The normalized spacial score (nSPS) is 11.8. The van der Waals surface area contributed by atoms with Crippen molar-refractivity contribution in [2.75, 3.05) is 4.90 Å². The van der Waals surface area contributed by atoms with Crippen LogP contribution >= 0.6 is 0 Å². The zero-order valence-electron chi connectivity index (χ0n) is 26.7. The first kappa shape index (κ1) is 31.1. The van der Waals surface area contributed by atoms with E-state index >= 15 is 0 Å². The zero-order chi connectivity index (χ0) is 33.5. The van der Waals surface area contributed by atoms with Crippen molar-refractivity contribution >= 4 is 11.4 Å². The molecular weight excluding hydrogens is 608 g/mol. The Morgan fingerprint density at radius 1 is 0.673 bits per heavy atom. The van der Waals surface area contributed by atoms with Gasteiger partial charge in [-0.25, -0.2) is 4.98 Å². The second kappa shape index (κ2) is 14.1. The Hall–Kier alpha value is -6.47. The number of nitrogens with zero attached hydrogens (tertiary/aromatic N) is 3. The van der Waals surface area contributed by atoms with E-state index in [4.69, 9.17) is 4.74 Å². The van der Waals surface area contributed by atoms with E-state index in [2.05, 4.69) is 93.7 Å². The molecule has 7 nitrogen and oxygen atoms in total. The van der Waals surface area contributed by atoms with Gasteiger partial charge in [-0.1, -0.05) is 127 Å². The number of para-hydroxylation sites is 1. The minimum atomic E-state index is -0.770. The molecule has 1 atom stereocenters. The van der Waals surface area contributed by atoms with Gasteiger partial charge in [-0.05, 0) is 46.5 Å². The number of imidazole rings is 1. The Kier molecular flexibility index (Phi) is 8.97. The van der Waals surface area contributed by atoms with Gasteiger partial charge in [0.05, 0.1) is 34.6 Å². The first-order chi connectivity index (χ1) is 24.1. The number of benzene rings is 6. The SMILES string of the molecule is O=[N+]([O-])c1ccc(CN(c2cccc(Oc3ccccc3)c2)C(c2cnc[nH]2)C(c2ccccc2)(c2ccccc2)c2ccccc2)cc1. The first-order valence-electron chi connectivity index (χ1n) is 16.1. The lowest BCUT2D eigenvalue weighted by Crippen LogP contribution is -2.46. The van der Waals surface area contributed by atoms with Crippen LogP contribution in [0, 0.1) is 10.1 Å². The lowest BCUT2D eigenvalue weighted by Gasteiger charge is -2.48. The smallest absolute Gasteiger partial charge is 0.269 e. The van der Waals surface area contributed by atoms with E-state index in [1.165, 1.54) is 0 Å². The number of nitrogens with one attached hydrogen (secondary N) is 1. The van der Waals surface area contributed by atoms with E-state index in [-0.39, 0.29) is 10.6 Å². The molecule has 6 aromatic carbocycles. The van der Waals surface area contributed by atoms with Crippen LogP contribution in [0.15, 0.2) is 182 Å². The van der Waals surface area contributed by atoms with Gasteiger partial charge in [0.1, 0.15) is 11.5 Å². The van der Waals surface area contributed by atoms with Crippen LogP contribution in [0.1, 0.15) is 34.0 Å². The van der Waals surface area contributed by atoms with Gasteiger partial charge < -0.3 is 14.6 Å². The quantitative estimate of drug-likeness (QED) is 0.0815. The fourth-order valence-electron chi connectivity index (χ4n) is 6.73. The molecule has 0 amide bonds. The van der Waals surface area contributed by atoms with Gasteiger partial charge in [-0.15, -0.1) is 0 Å². The molecule has 0 bridgehead atoms. The summed E-state index contributed by atoms with van der Waals surface area (Å²) in [6.07, 6.45) is 3.61. The minimum absolute atomic E-state index is 0.0471. The molecule has 0 saturated carbocycles. The molecule has 1 unspecified atom stereocenters. The Bertz CT molecular complexity index is 1990. The average molecular weight is 643 g/mol. The van der Waals surface area contributed by atoms with Crippen molar-refractivity contribution in [3.8, 4) is 11.5 Å². The van der Waals surface area contributed by atoms with Crippen LogP contribution in [0.4, 0.5) is 11.4 Å². The Morgan fingerprint density at radius 3 is 1.71 bits per heavy atom. The van der Waals surface area contributed by atoms with Crippen molar-refractivity contribution in [2.24, 2.45) is 0 Å². The fraction of sp³-hybridized carbons (Fsp3) is 0.0714. The third-order valence-corrected chi connectivity index (χ3v) is 8.85. The van der Waals surface area contributed by atoms with Crippen LogP contribution in [0.2, 0.25) is 0 Å². The standard InChI is InChI=1S/C42H34N4O3/c47-46(48)36-26-24-32(25-27-36)30-45(37-20-13-23-39(28-37)49-38-21-11-4-12-22-38)41(40-29-43-31-44-40)42(33-14-5-1-6-15-33,34-16-7-2-8-17-34)35-18-9-3-10-19-35/h1-29,31,41H,30H2,(H,43,44). The summed E-state index contributed by atoms with van der Waals surface area (Å²) < 4.78 is 6.35. The third-order valence-electron chi connectivity index (χ3n) is 8.85. The number of non-ortho nitro benzene ring substituents is 1. The van der Waals surface area contributed by atoms with Gasteiger partial charge in [-0.2, -0.15) is 0 Å². The number of rotatable bonds is 12. The lowest BCUT2D eigenvalue weighted by molar-refractivity contribution is -0.384. The fourth-order valence-corrected chi connectivity index (χ4v) is 6.73. The molecule has 1 aromatic heterocycles. The van der Waals surface area contributed by atoms with Gasteiger partial charge in [-0.3, -0.25) is 10.1 Å². The molecule has 1 heterocycles. The highest BCUT2D eigenvalue weighted by Crippen LogP contribution is 2.52. The molecule has 7 rings (SSSR count). The summed E-state index contributed by atoms with van der Waals surface area (Å²) >= 11 is 0. The molecule has 0 fully saturated rings. The molecule has 1 N–H and O–H groups in total. The predicted octanol–water partition coefficient (Wildman–Crippen LogP) is 9.89. The molecule has 0 spiro atoms. The Labute approximate surface area is 285 Å². The molecule has 240 valence electrons. The predicted molar refractivity (Wildman–Crippen MR) is 193 cm³/mol. The van der Waals surface area contributed by atoms with Crippen LogP contribution in [-0.4, -0.2) is 14.9 Å². The molecule has 0 saturated heterocycles. The highest BCUT2D eigenvalue weighted by atomic mass is 16.6. The van der Waals surface area contributed by atoms with Crippen molar-refractivity contribution < 1.29 is 9.66 Å². The summed E-state index contributed by atoms with van der Waals surface area (Å²) in [5.41, 5.74) is 5.27. The van der Waals surface area contributed by atoms with Gasteiger partial charge in [0.15, 0.2) is 0 Å². The Balaban J connectivity index is 1.51. The Morgan fingerprint density at radius 2 is 1.20 bits per heavy atom. The lowest BCUT2D eigenvalue weighted by atomic mass is 9.63. The van der Waals surface area contributed by atoms with E-state index in [0.29, 0.717) is 12.3 Å². The highest BCUT2D eigenvalue weighted by Gasteiger charge is 2.48. The summed E-state index contributed by atoms with van der Waals surface area (Å²) in [4.78, 5) is 21.6. The molecule has 0 radical (unpaired) electrons. The summed E-state index contributed by atoms with van der Waals surface area (Å²) in [6, 6.07) is 55.8. The van der Waals surface area contributed by atoms with Gasteiger partial charge in [0.2, 0.25) is 0 Å². The van der Waals surface area contributed by atoms with Crippen molar-refractivity contribution in [3.05, 3.63) is 220 Å². The number of hydrogen-bond acceptors (Lipinski definition) is 5. The van der Waals surface area contributed by atoms with Crippen molar-refractivity contribution in [2.45, 2.75) is 18.0 Å². The van der Waals surface area contributed by atoms with Crippen LogP contribution in [-0.2, 0) is 12.0 Å². The molecule has 7 heteroatoms. The molecular formula is C42H34N4O3. The van der Waals surface area contributed by atoms with Crippen LogP contribution in [0.25, 0.3) is 0 Å². The van der Waals surface area contributed by atoms with Crippen molar-refractivity contribution in [1.82, 2.24) is 9.97 Å². The minimum Gasteiger partial charge on any atom is -0.457 e. The van der Waals surface area contributed by atoms with E-state index in [0.717, 1.165) is 39.4 Å². The first-order valence-corrected chi connectivity index (χ1v) is 16.1. The zero-order valence-corrected chi connectivity index (χ0v) is 26.7. The number of anilines is 1. The molecule has 0 aliphatic carbocycles. The summed E-state index contributed by atoms with van der Waals surface area (Å²) in [5, 5.41) is 11.6. The topological polar surface area (TPSA) is 84.3 Å². The number of ether oxygens (including phenoxy) is 1. The van der Waals surface area contributed by atoms with Crippen LogP contribution < -0.4 is 9.64 Å². The number of hydrogen-bond donors (Lipinski definition) is 1. The number of aromatic nitrogens is 2.